The van der Waals surface area contributed by atoms with Crippen molar-refractivity contribution < 1.29 is 34.7 Å². The van der Waals surface area contributed by atoms with E-state index in [2.05, 4.69) is 24.8 Å². The largest absolute Gasteiger partial charge is 0.545 e. The van der Waals surface area contributed by atoms with Gasteiger partial charge in [0.25, 0.3) is 0 Å². The van der Waals surface area contributed by atoms with Gasteiger partial charge in [-0.3, -0.25) is 0 Å². The topological polar surface area (TPSA) is 124 Å². The van der Waals surface area contributed by atoms with E-state index in [0.717, 1.165) is 0 Å². The number of benzene rings is 3. The molecule has 1 amide bonds. The number of amides is 1. The molecule has 0 saturated carbocycles. The van der Waals surface area contributed by atoms with E-state index < -0.39 is 24.1 Å². The number of hydrogen-bond donors (Lipinski definition) is 1. The van der Waals surface area contributed by atoms with E-state index in [9.17, 15) is 19.5 Å². The summed E-state index contributed by atoms with van der Waals surface area (Å²) in [4.78, 5) is 36.7. The highest BCUT2D eigenvalue weighted by atomic mass is 16.6. The predicted molar refractivity (Wildman–Crippen MR) is 133 cm³/mol. The lowest BCUT2D eigenvalue weighted by Gasteiger charge is -2.17. The van der Waals surface area contributed by atoms with E-state index in [-0.39, 0.29) is 11.1 Å². The van der Waals surface area contributed by atoms with Crippen LogP contribution in [0.4, 0.5) is 4.79 Å². The summed E-state index contributed by atoms with van der Waals surface area (Å²) in [6, 6.07) is 23.0. The van der Waals surface area contributed by atoms with Crippen molar-refractivity contribution in [3.8, 4) is 5.75 Å². The number of carboxylic acid groups (broad SMARTS) is 1. The molecule has 3 rings (SSSR count). The van der Waals surface area contributed by atoms with Gasteiger partial charge >= 0.3 is 12.1 Å². The Balaban J connectivity index is 0.000000425. The molecule has 3 N–H and O–H groups in total. The van der Waals surface area contributed by atoms with Crippen molar-refractivity contribution in [2.75, 3.05) is 13.6 Å². The number of ether oxygens (including phenoxy) is 2. The molecule has 0 bridgehead atoms. The zero-order chi connectivity index (χ0) is 26.7. The maximum Gasteiger partial charge on any atom is 0.414 e. The molecular formula is C28H32N2O6. The first-order valence-electron chi connectivity index (χ1n) is 11.6. The molecule has 0 aliphatic carbocycles. The Morgan fingerprint density at radius 3 is 2.03 bits per heavy atom. The molecule has 36 heavy (non-hydrogen) atoms. The van der Waals surface area contributed by atoms with Crippen molar-refractivity contribution in [1.82, 2.24) is 4.90 Å². The summed E-state index contributed by atoms with van der Waals surface area (Å²) in [6.45, 7) is 6.06. The van der Waals surface area contributed by atoms with E-state index in [0.29, 0.717) is 23.9 Å². The standard InChI is InChI=1S/C20H21NO6.C8H11N/c1-4-21(3)20(25)27-15-9-7-8-14(12-15)13(2)26-19(24)17-11-6-5-10-16(17)18(22)23;1-7(9)8-5-3-2-4-6-8/h5-13H,4H2,1-3H3,(H,22,23);2-7H,9H2,1H3/t13-;7-/m11/s1. The van der Waals surface area contributed by atoms with Crippen LogP contribution in [0.1, 0.15) is 64.8 Å². The average molecular weight is 493 g/mol. The number of quaternary nitrogens is 1. The summed E-state index contributed by atoms with van der Waals surface area (Å²) in [5, 5.41) is 11.1. The third-order valence-corrected chi connectivity index (χ3v) is 5.34. The van der Waals surface area contributed by atoms with Crippen molar-refractivity contribution in [2.24, 2.45) is 0 Å². The van der Waals surface area contributed by atoms with Crippen molar-refractivity contribution in [3.63, 3.8) is 0 Å². The molecule has 0 radical (unpaired) electrons. The van der Waals surface area contributed by atoms with Crippen molar-refractivity contribution in [2.45, 2.75) is 32.9 Å². The molecule has 0 spiro atoms. The molecule has 8 nitrogen and oxygen atoms in total. The molecule has 0 aliphatic rings. The maximum absolute atomic E-state index is 12.3. The molecule has 8 heteroatoms. The van der Waals surface area contributed by atoms with Gasteiger partial charge < -0.3 is 30.0 Å². The summed E-state index contributed by atoms with van der Waals surface area (Å²) in [6.07, 6.45) is -1.18. The van der Waals surface area contributed by atoms with Gasteiger partial charge in [-0.15, -0.1) is 0 Å². The number of esters is 1. The second kappa shape index (κ2) is 13.7. The van der Waals surface area contributed by atoms with Crippen LogP contribution in [0.2, 0.25) is 0 Å². The van der Waals surface area contributed by atoms with Gasteiger partial charge in [-0.1, -0.05) is 60.7 Å². The third kappa shape index (κ3) is 8.25. The molecule has 2 atom stereocenters. The van der Waals surface area contributed by atoms with Crippen LogP contribution in [-0.4, -0.2) is 36.5 Å². The quantitative estimate of drug-likeness (QED) is 0.504. The van der Waals surface area contributed by atoms with Gasteiger partial charge in [0, 0.05) is 24.7 Å². The molecule has 0 fully saturated rings. The van der Waals surface area contributed by atoms with Gasteiger partial charge in [0.15, 0.2) is 0 Å². The van der Waals surface area contributed by atoms with E-state index >= 15 is 0 Å². The SMILES string of the molecule is CCN(C)C(=O)Oc1cccc([C@@H](C)OC(=O)c2ccccc2C(=O)[O-])c1.C[C@@H]([NH3+])c1ccccc1. The lowest BCUT2D eigenvalue weighted by Crippen LogP contribution is -2.51. The summed E-state index contributed by atoms with van der Waals surface area (Å²) >= 11 is 0. The fraction of sp³-hybridized carbons (Fsp3) is 0.250. The summed E-state index contributed by atoms with van der Waals surface area (Å²) in [5.41, 5.74) is 5.49. The highest BCUT2D eigenvalue weighted by Gasteiger charge is 2.18. The second-order valence-corrected chi connectivity index (χ2v) is 8.15. The summed E-state index contributed by atoms with van der Waals surface area (Å²) in [5.74, 6) is -1.92. The number of hydrogen-bond acceptors (Lipinski definition) is 6. The van der Waals surface area contributed by atoms with Crippen LogP contribution >= 0.6 is 0 Å². The van der Waals surface area contributed by atoms with Crippen LogP contribution in [0, 0.1) is 0 Å². The van der Waals surface area contributed by atoms with Gasteiger partial charge in [0.05, 0.1) is 11.5 Å². The van der Waals surface area contributed by atoms with Crippen molar-refractivity contribution >= 4 is 18.0 Å². The van der Waals surface area contributed by atoms with Crippen LogP contribution in [0.25, 0.3) is 0 Å². The first-order chi connectivity index (χ1) is 17.1. The van der Waals surface area contributed by atoms with E-state index in [4.69, 9.17) is 9.47 Å². The second-order valence-electron chi connectivity index (χ2n) is 8.15. The van der Waals surface area contributed by atoms with Crippen molar-refractivity contribution in [3.05, 3.63) is 101 Å². The molecule has 0 aliphatic heterocycles. The van der Waals surface area contributed by atoms with Gasteiger partial charge in [-0.2, -0.15) is 0 Å². The number of aromatic carboxylic acids is 1. The molecule has 3 aromatic rings. The van der Waals surface area contributed by atoms with Gasteiger partial charge in [-0.05, 0) is 44.5 Å². The Hall–Kier alpha value is -4.17. The Kier molecular flexibility index (Phi) is 10.6. The summed E-state index contributed by atoms with van der Waals surface area (Å²) < 4.78 is 10.6. The van der Waals surface area contributed by atoms with Crippen molar-refractivity contribution in [1.29, 1.82) is 0 Å². The normalized spacial score (nSPS) is 11.8. The lowest BCUT2D eigenvalue weighted by atomic mass is 10.1. The van der Waals surface area contributed by atoms with Gasteiger partial charge in [0.2, 0.25) is 0 Å². The highest BCUT2D eigenvalue weighted by Crippen LogP contribution is 2.24. The molecular weight excluding hydrogens is 460 g/mol. The van der Waals surface area contributed by atoms with E-state index in [1.54, 1.807) is 38.2 Å². The Morgan fingerprint density at radius 1 is 0.889 bits per heavy atom. The number of carboxylic acids is 1. The Morgan fingerprint density at radius 2 is 1.47 bits per heavy atom. The minimum absolute atomic E-state index is 0.0866. The van der Waals surface area contributed by atoms with Gasteiger partial charge in [0.1, 0.15) is 17.9 Å². The number of nitrogens with zero attached hydrogens (tertiary/aromatic N) is 1. The monoisotopic (exact) mass is 492 g/mol. The van der Waals surface area contributed by atoms with Crippen LogP contribution < -0.4 is 15.6 Å². The highest BCUT2D eigenvalue weighted by molar-refractivity contribution is 6.01. The van der Waals surface area contributed by atoms with E-state index in [1.165, 1.54) is 34.7 Å². The van der Waals surface area contributed by atoms with Crippen LogP contribution in [-0.2, 0) is 4.74 Å². The first-order valence-corrected chi connectivity index (χ1v) is 11.6. The average Bonchev–Trinajstić information content (AvgIpc) is 2.89. The smallest absolute Gasteiger partial charge is 0.414 e. The molecule has 0 saturated heterocycles. The zero-order valence-electron chi connectivity index (χ0n) is 21.0. The lowest BCUT2D eigenvalue weighted by molar-refractivity contribution is -0.420. The third-order valence-electron chi connectivity index (χ3n) is 5.34. The predicted octanol–water partition coefficient (Wildman–Crippen LogP) is 3.41. The number of carbonyl (C=O) groups is 3. The maximum atomic E-state index is 12.3. The Bertz CT molecular complexity index is 1160. The van der Waals surface area contributed by atoms with Crippen LogP contribution in [0.5, 0.6) is 5.75 Å². The molecule has 190 valence electrons. The van der Waals surface area contributed by atoms with Crippen LogP contribution in [0.15, 0.2) is 78.9 Å². The fourth-order valence-corrected chi connectivity index (χ4v) is 3.05. The van der Waals surface area contributed by atoms with E-state index in [1.807, 2.05) is 25.1 Å². The fourth-order valence-electron chi connectivity index (χ4n) is 3.05. The molecule has 0 unspecified atom stereocenters. The minimum Gasteiger partial charge on any atom is -0.545 e. The first kappa shape index (κ1) is 28.1. The Labute approximate surface area is 211 Å². The zero-order valence-corrected chi connectivity index (χ0v) is 21.0. The molecule has 0 aromatic heterocycles. The molecule has 3 aromatic carbocycles. The van der Waals surface area contributed by atoms with Crippen LogP contribution in [0.3, 0.4) is 0 Å². The van der Waals surface area contributed by atoms with Gasteiger partial charge in [-0.25, -0.2) is 9.59 Å². The minimum atomic E-state index is -1.45. The number of carbonyl (C=O) groups excluding carboxylic acids is 3. The number of rotatable bonds is 7. The summed E-state index contributed by atoms with van der Waals surface area (Å²) in [7, 11) is 1.62. The molecule has 0 heterocycles.